The SMILES string of the molecule is Cn1nc(-c2cccc(C(F)(F)F)c2)cc1CO. The van der Waals surface area contributed by atoms with Gasteiger partial charge in [0.15, 0.2) is 0 Å². The molecule has 1 aromatic heterocycles. The molecule has 0 spiro atoms. The van der Waals surface area contributed by atoms with Crippen LogP contribution in [-0.2, 0) is 19.8 Å². The summed E-state index contributed by atoms with van der Waals surface area (Å²) in [5, 5.41) is 13.1. The van der Waals surface area contributed by atoms with Gasteiger partial charge in [0.05, 0.1) is 23.6 Å². The van der Waals surface area contributed by atoms with Crippen LogP contribution in [0.15, 0.2) is 30.3 Å². The number of rotatable bonds is 2. The number of alkyl halides is 3. The van der Waals surface area contributed by atoms with E-state index in [4.69, 9.17) is 5.11 Å². The molecule has 0 saturated heterocycles. The van der Waals surface area contributed by atoms with Crippen LogP contribution in [0, 0.1) is 0 Å². The molecule has 2 aromatic rings. The van der Waals surface area contributed by atoms with E-state index in [1.54, 1.807) is 19.2 Å². The fourth-order valence-electron chi connectivity index (χ4n) is 1.65. The van der Waals surface area contributed by atoms with Crippen molar-refractivity contribution in [2.45, 2.75) is 12.8 Å². The second-order valence-electron chi connectivity index (χ2n) is 3.88. The highest BCUT2D eigenvalue weighted by Crippen LogP contribution is 2.31. The van der Waals surface area contributed by atoms with E-state index in [9.17, 15) is 13.2 Å². The standard InChI is InChI=1S/C12H11F3N2O/c1-17-10(7-18)6-11(16-17)8-3-2-4-9(5-8)12(13,14)15/h2-6,18H,7H2,1H3. The van der Waals surface area contributed by atoms with Gasteiger partial charge in [-0.1, -0.05) is 12.1 Å². The third-order valence-electron chi connectivity index (χ3n) is 2.62. The van der Waals surface area contributed by atoms with Gasteiger partial charge >= 0.3 is 6.18 Å². The first kappa shape index (κ1) is 12.6. The Bertz CT molecular complexity index is 561. The number of aromatic nitrogens is 2. The van der Waals surface area contributed by atoms with Crippen LogP contribution in [0.4, 0.5) is 13.2 Å². The van der Waals surface area contributed by atoms with Crippen molar-refractivity contribution in [1.29, 1.82) is 0 Å². The predicted molar refractivity (Wildman–Crippen MR) is 59.6 cm³/mol. The number of benzene rings is 1. The Morgan fingerprint density at radius 3 is 2.56 bits per heavy atom. The van der Waals surface area contributed by atoms with Crippen LogP contribution in [0.1, 0.15) is 11.3 Å². The highest BCUT2D eigenvalue weighted by molar-refractivity contribution is 5.60. The number of hydrogen-bond acceptors (Lipinski definition) is 2. The minimum absolute atomic E-state index is 0.206. The van der Waals surface area contributed by atoms with Gasteiger partial charge in [-0.25, -0.2) is 0 Å². The summed E-state index contributed by atoms with van der Waals surface area (Å²) in [6.07, 6.45) is -4.37. The highest BCUT2D eigenvalue weighted by Gasteiger charge is 2.30. The van der Waals surface area contributed by atoms with Crippen molar-refractivity contribution in [3.05, 3.63) is 41.6 Å². The molecule has 0 unspecified atom stereocenters. The summed E-state index contributed by atoms with van der Waals surface area (Å²) in [5.41, 5.74) is 0.617. The Balaban J connectivity index is 2.44. The van der Waals surface area contributed by atoms with Crippen molar-refractivity contribution in [3.63, 3.8) is 0 Å². The highest BCUT2D eigenvalue weighted by atomic mass is 19.4. The predicted octanol–water partition coefficient (Wildman–Crippen LogP) is 2.60. The normalized spacial score (nSPS) is 11.8. The second kappa shape index (κ2) is 4.45. The van der Waals surface area contributed by atoms with Crippen LogP contribution in [0.3, 0.4) is 0 Å². The average Bonchev–Trinajstić information content (AvgIpc) is 2.70. The summed E-state index contributed by atoms with van der Waals surface area (Å²) < 4.78 is 39.1. The Hall–Kier alpha value is -1.82. The van der Waals surface area contributed by atoms with E-state index >= 15 is 0 Å². The van der Waals surface area contributed by atoms with E-state index in [1.165, 1.54) is 10.7 Å². The van der Waals surface area contributed by atoms with E-state index in [0.717, 1.165) is 12.1 Å². The molecule has 0 aliphatic carbocycles. The summed E-state index contributed by atoms with van der Waals surface area (Å²) in [5.74, 6) is 0. The average molecular weight is 256 g/mol. The number of aliphatic hydroxyl groups excluding tert-OH is 1. The molecule has 18 heavy (non-hydrogen) atoms. The molecule has 1 aromatic carbocycles. The second-order valence-corrected chi connectivity index (χ2v) is 3.88. The monoisotopic (exact) mass is 256 g/mol. The zero-order chi connectivity index (χ0) is 13.3. The van der Waals surface area contributed by atoms with Crippen molar-refractivity contribution < 1.29 is 18.3 Å². The van der Waals surface area contributed by atoms with E-state index in [1.807, 2.05) is 0 Å². The number of aliphatic hydroxyl groups is 1. The quantitative estimate of drug-likeness (QED) is 0.896. The molecule has 6 heteroatoms. The molecule has 0 aliphatic heterocycles. The van der Waals surface area contributed by atoms with Crippen molar-refractivity contribution in [2.24, 2.45) is 7.05 Å². The van der Waals surface area contributed by atoms with Crippen LogP contribution in [-0.4, -0.2) is 14.9 Å². The first-order valence-electron chi connectivity index (χ1n) is 5.23. The summed E-state index contributed by atoms with van der Waals surface area (Å²) in [6.45, 7) is -0.206. The van der Waals surface area contributed by atoms with Crippen molar-refractivity contribution in [1.82, 2.24) is 9.78 Å². The zero-order valence-corrected chi connectivity index (χ0v) is 9.57. The third-order valence-corrected chi connectivity index (χ3v) is 2.62. The largest absolute Gasteiger partial charge is 0.416 e. The molecular weight excluding hydrogens is 245 g/mol. The Morgan fingerprint density at radius 1 is 1.28 bits per heavy atom. The molecule has 96 valence electrons. The maximum Gasteiger partial charge on any atom is 0.416 e. The van der Waals surface area contributed by atoms with Crippen LogP contribution < -0.4 is 0 Å². The number of nitrogens with zero attached hydrogens (tertiary/aromatic N) is 2. The lowest BCUT2D eigenvalue weighted by atomic mass is 10.1. The van der Waals surface area contributed by atoms with Gasteiger partial charge in [-0.15, -0.1) is 0 Å². The third kappa shape index (κ3) is 2.38. The maximum atomic E-state index is 12.6. The van der Waals surface area contributed by atoms with Gasteiger partial charge in [0, 0.05) is 12.6 Å². The first-order chi connectivity index (χ1) is 8.41. The van der Waals surface area contributed by atoms with Gasteiger partial charge < -0.3 is 5.11 Å². The number of aryl methyl sites for hydroxylation is 1. The van der Waals surface area contributed by atoms with Gasteiger partial charge in [-0.3, -0.25) is 4.68 Å². The van der Waals surface area contributed by atoms with Crippen molar-refractivity contribution in [2.75, 3.05) is 0 Å². The summed E-state index contributed by atoms with van der Waals surface area (Å²) in [6, 6.07) is 6.52. The molecule has 0 amide bonds. The Labute approximate surface area is 101 Å². The van der Waals surface area contributed by atoms with Crippen LogP contribution in [0.2, 0.25) is 0 Å². The molecule has 0 atom stereocenters. The lowest BCUT2D eigenvalue weighted by Gasteiger charge is -2.07. The van der Waals surface area contributed by atoms with E-state index in [0.29, 0.717) is 17.0 Å². The molecule has 2 rings (SSSR count). The molecule has 0 saturated carbocycles. The van der Waals surface area contributed by atoms with Crippen LogP contribution in [0.25, 0.3) is 11.3 Å². The van der Waals surface area contributed by atoms with Crippen LogP contribution in [0.5, 0.6) is 0 Å². The van der Waals surface area contributed by atoms with Gasteiger partial charge in [-0.05, 0) is 18.2 Å². The molecule has 0 aliphatic rings. The van der Waals surface area contributed by atoms with E-state index in [2.05, 4.69) is 5.10 Å². The topological polar surface area (TPSA) is 38.0 Å². The zero-order valence-electron chi connectivity index (χ0n) is 9.57. The Kier molecular flexibility index (Phi) is 3.13. The van der Waals surface area contributed by atoms with E-state index in [-0.39, 0.29) is 6.61 Å². The lowest BCUT2D eigenvalue weighted by Crippen LogP contribution is -2.04. The molecule has 0 fully saturated rings. The summed E-state index contributed by atoms with van der Waals surface area (Å²) in [7, 11) is 1.63. The van der Waals surface area contributed by atoms with Gasteiger partial charge in [0.2, 0.25) is 0 Å². The number of hydrogen-bond donors (Lipinski definition) is 1. The molecule has 1 N–H and O–H groups in total. The van der Waals surface area contributed by atoms with Crippen molar-refractivity contribution in [3.8, 4) is 11.3 Å². The van der Waals surface area contributed by atoms with Crippen LogP contribution >= 0.6 is 0 Å². The Morgan fingerprint density at radius 2 is 2.00 bits per heavy atom. The molecule has 1 heterocycles. The smallest absolute Gasteiger partial charge is 0.390 e. The van der Waals surface area contributed by atoms with Gasteiger partial charge in [0.25, 0.3) is 0 Å². The van der Waals surface area contributed by atoms with E-state index < -0.39 is 11.7 Å². The van der Waals surface area contributed by atoms with Gasteiger partial charge in [0.1, 0.15) is 0 Å². The summed E-state index contributed by atoms with van der Waals surface area (Å²) in [4.78, 5) is 0. The molecular formula is C12H11F3N2O. The minimum atomic E-state index is -4.37. The molecule has 0 radical (unpaired) electrons. The summed E-state index contributed by atoms with van der Waals surface area (Å²) >= 11 is 0. The minimum Gasteiger partial charge on any atom is -0.390 e. The van der Waals surface area contributed by atoms with Crippen molar-refractivity contribution >= 4 is 0 Å². The molecule has 3 nitrogen and oxygen atoms in total. The number of halogens is 3. The lowest BCUT2D eigenvalue weighted by molar-refractivity contribution is -0.137. The van der Waals surface area contributed by atoms with Gasteiger partial charge in [-0.2, -0.15) is 18.3 Å². The fraction of sp³-hybridized carbons (Fsp3) is 0.250. The fourth-order valence-corrected chi connectivity index (χ4v) is 1.65. The maximum absolute atomic E-state index is 12.6. The molecule has 0 bridgehead atoms. The first-order valence-corrected chi connectivity index (χ1v) is 5.23.